The van der Waals surface area contributed by atoms with E-state index in [2.05, 4.69) is 44.0 Å². The van der Waals surface area contributed by atoms with Crippen LogP contribution in [0.1, 0.15) is 17.7 Å². The van der Waals surface area contributed by atoms with Crippen molar-refractivity contribution in [2.24, 2.45) is 0 Å². The third kappa shape index (κ3) is 4.62. The number of piperazine rings is 1. The fourth-order valence-corrected chi connectivity index (χ4v) is 4.24. The summed E-state index contributed by atoms with van der Waals surface area (Å²) in [6, 6.07) is 21.8. The average Bonchev–Trinajstić information content (AvgIpc) is 3.12. The van der Waals surface area contributed by atoms with Crippen molar-refractivity contribution in [3.05, 3.63) is 89.9 Å². The number of carbonyl (C=O) groups is 2. The van der Waals surface area contributed by atoms with E-state index in [1.165, 1.54) is 5.69 Å². The number of Topliss-reactive ketones (excluding diaryl/α,β-unsaturated/α-hetero) is 1. The summed E-state index contributed by atoms with van der Waals surface area (Å²) >= 11 is 0. The first kappa shape index (κ1) is 20.9. The lowest BCUT2D eigenvalue weighted by Crippen LogP contribution is -2.47. The Hall–Kier alpha value is -4.00. The number of benzene rings is 2. The summed E-state index contributed by atoms with van der Waals surface area (Å²) in [5.41, 5.74) is 3.22. The van der Waals surface area contributed by atoms with Gasteiger partial charge in [-0.3, -0.25) is 9.59 Å². The number of rotatable bonds is 5. The minimum absolute atomic E-state index is 0.0992. The molecule has 2 saturated heterocycles. The second-order valence-corrected chi connectivity index (χ2v) is 8.19. The summed E-state index contributed by atoms with van der Waals surface area (Å²) in [4.78, 5) is 40.2. The monoisotopic (exact) mass is 439 g/mol. The Kier molecular flexibility index (Phi) is 5.85. The van der Waals surface area contributed by atoms with Crippen molar-refractivity contribution in [1.29, 1.82) is 0 Å². The van der Waals surface area contributed by atoms with Crippen LogP contribution in [0.4, 0.5) is 11.6 Å². The minimum atomic E-state index is -0.179. The summed E-state index contributed by atoms with van der Waals surface area (Å²) in [7, 11) is 0. The van der Waals surface area contributed by atoms with Crippen LogP contribution in [0.15, 0.2) is 78.6 Å². The van der Waals surface area contributed by atoms with Crippen molar-refractivity contribution in [3.63, 3.8) is 0 Å². The van der Waals surface area contributed by atoms with Gasteiger partial charge in [-0.2, -0.15) is 0 Å². The van der Waals surface area contributed by atoms with Gasteiger partial charge in [-0.05, 0) is 29.8 Å². The van der Waals surface area contributed by atoms with Crippen molar-refractivity contribution in [1.82, 2.24) is 14.9 Å². The highest BCUT2D eigenvalue weighted by Crippen LogP contribution is 2.24. The van der Waals surface area contributed by atoms with Crippen molar-refractivity contribution in [2.75, 3.05) is 36.0 Å². The molecule has 0 spiro atoms. The largest absolute Gasteiger partial charge is 0.368 e. The highest BCUT2D eigenvalue weighted by molar-refractivity contribution is 6.16. The van der Waals surface area contributed by atoms with Gasteiger partial charge in [-0.15, -0.1) is 0 Å². The van der Waals surface area contributed by atoms with E-state index >= 15 is 0 Å². The van der Waals surface area contributed by atoms with E-state index in [1.54, 1.807) is 23.2 Å². The second-order valence-electron chi connectivity index (χ2n) is 8.19. The lowest BCUT2D eigenvalue weighted by atomic mass is 10.2. The summed E-state index contributed by atoms with van der Waals surface area (Å²) in [6.07, 6.45) is 3.32. The van der Waals surface area contributed by atoms with Crippen LogP contribution in [0.5, 0.6) is 0 Å². The number of aromatic nitrogens is 2. The maximum absolute atomic E-state index is 12.6. The first-order valence-electron chi connectivity index (χ1n) is 11.1. The molecule has 0 bridgehead atoms. The number of hydrogen-bond donors (Lipinski definition) is 0. The molecule has 0 N–H and O–H groups in total. The molecule has 0 radical (unpaired) electrons. The average molecular weight is 440 g/mol. The molecule has 166 valence electrons. The summed E-state index contributed by atoms with van der Waals surface area (Å²) in [5.74, 6) is 0.289. The molecule has 1 amide bonds. The van der Waals surface area contributed by atoms with Crippen molar-refractivity contribution < 1.29 is 9.59 Å². The molecule has 33 heavy (non-hydrogen) atoms. The van der Waals surface area contributed by atoms with E-state index in [9.17, 15) is 9.59 Å². The molecule has 3 heterocycles. The Labute approximate surface area is 193 Å². The van der Waals surface area contributed by atoms with Gasteiger partial charge in [0.1, 0.15) is 0 Å². The number of nitrogens with zero attached hydrogens (tertiary/aromatic N) is 5. The Bertz CT molecular complexity index is 1170. The van der Waals surface area contributed by atoms with Crippen molar-refractivity contribution in [2.45, 2.75) is 13.0 Å². The van der Waals surface area contributed by atoms with E-state index in [1.807, 2.05) is 36.4 Å². The van der Waals surface area contributed by atoms with E-state index in [0.717, 1.165) is 31.7 Å². The molecule has 7 heteroatoms. The van der Waals surface area contributed by atoms with Gasteiger partial charge in [0.05, 0.1) is 24.4 Å². The van der Waals surface area contributed by atoms with Gasteiger partial charge >= 0.3 is 0 Å². The highest BCUT2D eigenvalue weighted by Gasteiger charge is 2.33. The van der Waals surface area contributed by atoms with Crippen LogP contribution in [-0.4, -0.2) is 52.7 Å². The molecular formula is C26H25N5O2. The molecule has 0 unspecified atom stereocenters. The Morgan fingerprint density at radius 2 is 1.48 bits per heavy atom. The molecule has 0 atom stereocenters. The summed E-state index contributed by atoms with van der Waals surface area (Å²) in [6.45, 7) is 3.77. The van der Waals surface area contributed by atoms with E-state index in [4.69, 9.17) is 0 Å². The van der Waals surface area contributed by atoms with Crippen molar-refractivity contribution >= 4 is 29.4 Å². The number of carbonyl (C=O) groups excluding carboxylic acids is 2. The Morgan fingerprint density at radius 1 is 0.818 bits per heavy atom. The van der Waals surface area contributed by atoms with Crippen LogP contribution < -0.4 is 9.80 Å². The molecule has 2 fully saturated rings. The first-order valence-corrected chi connectivity index (χ1v) is 11.1. The molecule has 2 aliphatic rings. The lowest BCUT2D eigenvalue weighted by molar-refractivity contribution is -0.127. The SMILES string of the molecule is O=C1CC(=O)N(Cc2ccccc2)/C1=C\c1ccnc(N2CCN(c3ccccc3)CC2)n1. The van der Waals surface area contributed by atoms with E-state index < -0.39 is 0 Å². The fraction of sp³-hybridized carbons (Fsp3) is 0.231. The van der Waals surface area contributed by atoms with Gasteiger partial charge in [0.25, 0.3) is 0 Å². The predicted octanol–water partition coefficient (Wildman–Crippen LogP) is 3.15. The fourth-order valence-electron chi connectivity index (χ4n) is 4.24. The molecule has 0 saturated carbocycles. The highest BCUT2D eigenvalue weighted by atomic mass is 16.2. The number of ketones is 1. The van der Waals surface area contributed by atoms with Gasteiger partial charge in [-0.25, -0.2) is 9.97 Å². The van der Waals surface area contributed by atoms with Crippen LogP contribution in [0.3, 0.4) is 0 Å². The van der Waals surface area contributed by atoms with Crippen LogP contribution >= 0.6 is 0 Å². The molecule has 1 aromatic heterocycles. The lowest BCUT2D eigenvalue weighted by Gasteiger charge is -2.36. The molecule has 2 aliphatic heterocycles. The normalized spacial score (nSPS) is 17.8. The number of para-hydroxylation sites is 1. The topological polar surface area (TPSA) is 69.6 Å². The van der Waals surface area contributed by atoms with Gasteiger partial charge in [0.15, 0.2) is 5.78 Å². The predicted molar refractivity (Wildman–Crippen MR) is 127 cm³/mol. The van der Waals surface area contributed by atoms with Gasteiger partial charge in [0.2, 0.25) is 11.9 Å². The number of hydrogen-bond acceptors (Lipinski definition) is 6. The van der Waals surface area contributed by atoms with Crippen LogP contribution in [0, 0.1) is 0 Å². The zero-order valence-corrected chi connectivity index (χ0v) is 18.3. The van der Waals surface area contributed by atoms with E-state index in [-0.39, 0.29) is 18.1 Å². The van der Waals surface area contributed by atoms with Gasteiger partial charge in [0, 0.05) is 38.1 Å². The molecular weight excluding hydrogens is 414 g/mol. The maximum atomic E-state index is 12.6. The summed E-state index contributed by atoms with van der Waals surface area (Å²) in [5, 5.41) is 0. The van der Waals surface area contributed by atoms with Crippen molar-refractivity contribution in [3.8, 4) is 0 Å². The molecule has 2 aromatic carbocycles. The number of anilines is 2. The molecule has 5 rings (SSSR count). The zero-order valence-electron chi connectivity index (χ0n) is 18.3. The number of amides is 1. The Balaban J connectivity index is 1.32. The van der Waals surface area contributed by atoms with Gasteiger partial charge in [-0.1, -0.05) is 48.5 Å². The Morgan fingerprint density at radius 3 is 2.21 bits per heavy atom. The number of likely N-dealkylation sites (tertiary alicyclic amines) is 1. The van der Waals surface area contributed by atoms with Crippen LogP contribution in [0.2, 0.25) is 0 Å². The van der Waals surface area contributed by atoms with Crippen LogP contribution in [-0.2, 0) is 16.1 Å². The maximum Gasteiger partial charge on any atom is 0.235 e. The first-order chi connectivity index (χ1) is 16.2. The molecule has 7 nitrogen and oxygen atoms in total. The third-order valence-electron chi connectivity index (χ3n) is 6.01. The van der Waals surface area contributed by atoms with Gasteiger partial charge < -0.3 is 14.7 Å². The second kappa shape index (κ2) is 9.24. The quantitative estimate of drug-likeness (QED) is 0.449. The number of allylic oxidation sites excluding steroid dienone is 1. The zero-order chi connectivity index (χ0) is 22.6. The van der Waals surface area contributed by atoms with Crippen LogP contribution in [0.25, 0.3) is 6.08 Å². The summed E-state index contributed by atoms with van der Waals surface area (Å²) < 4.78 is 0. The third-order valence-corrected chi connectivity index (χ3v) is 6.01. The molecule has 3 aromatic rings. The van der Waals surface area contributed by atoms with E-state index in [0.29, 0.717) is 23.9 Å². The molecule has 0 aliphatic carbocycles. The standard InChI is InChI=1S/C26H25N5O2/c32-24-18-25(33)31(19-20-7-3-1-4-8-20)23(24)17-21-11-12-27-26(28-21)30-15-13-29(14-16-30)22-9-5-2-6-10-22/h1-12,17H,13-16,18-19H2/b23-17-. The minimum Gasteiger partial charge on any atom is -0.368 e. The smallest absolute Gasteiger partial charge is 0.235 e.